The molecule has 1 aromatic rings. The number of nitrogens with zero attached hydrogens (tertiary/aromatic N) is 1. The summed E-state index contributed by atoms with van der Waals surface area (Å²) in [5.41, 5.74) is 0.584. The second-order valence-electron chi connectivity index (χ2n) is 6.25. The molecule has 1 aliphatic heterocycles. The van der Waals surface area contributed by atoms with E-state index in [1.54, 1.807) is 29.2 Å². The molecule has 5 nitrogen and oxygen atoms in total. The molecule has 1 aliphatic rings. The van der Waals surface area contributed by atoms with E-state index >= 15 is 0 Å². The Morgan fingerprint density at radius 1 is 1.21 bits per heavy atom. The Bertz CT molecular complexity index is 540. The Morgan fingerprint density at radius 3 is 2.50 bits per heavy atom. The maximum absolute atomic E-state index is 12.2. The van der Waals surface area contributed by atoms with Gasteiger partial charge in [-0.15, -0.1) is 0 Å². The lowest BCUT2D eigenvalue weighted by molar-refractivity contribution is -0.904. The van der Waals surface area contributed by atoms with Crippen LogP contribution in [0.3, 0.4) is 0 Å². The van der Waals surface area contributed by atoms with Gasteiger partial charge in [-0.2, -0.15) is 0 Å². The van der Waals surface area contributed by atoms with Gasteiger partial charge in [-0.25, -0.2) is 0 Å². The highest BCUT2D eigenvalue weighted by atomic mass is 35.5. The van der Waals surface area contributed by atoms with E-state index in [1.807, 2.05) is 4.90 Å². The van der Waals surface area contributed by atoms with Crippen LogP contribution in [0, 0.1) is 0 Å². The van der Waals surface area contributed by atoms with Crippen LogP contribution in [0.25, 0.3) is 0 Å². The average Bonchev–Trinajstić information content (AvgIpc) is 2.60. The molecule has 1 aromatic carbocycles. The second kappa shape index (κ2) is 9.64. The van der Waals surface area contributed by atoms with Crippen molar-refractivity contribution in [3.63, 3.8) is 0 Å². The zero-order valence-electron chi connectivity index (χ0n) is 14.3. The van der Waals surface area contributed by atoms with Crippen LogP contribution >= 0.6 is 11.6 Å². The van der Waals surface area contributed by atoms with E-state index < -0.39 is 0 Å². The van der Waals surface area contributed by atoms with E-state index in [4.69, 9.17) is 11.6 Å². The van der Waals surface area contributed by atoms with Crippen LogP contribution in [0.15, 0.2) is 24.3 Å². The minimum absolute atomic E-state index is 0.129. The maximum Gasteiger partial charge on any atom is 0.251 e. The van der Waals surface area contributed by atoms with Crippen molar-refractivity contribution in [1.82, 2.24) is 10.2 Å². The quantitative estimate of drug-likeness (QED) is 0.719. The van der Waals surface area contributed by atoms with Gasteiger partial charge in [-0.05, 0) is 37.1 Å². The highest BCUT2D eigenvalue weighted by Crippen LogP contribution is 2.09. The smallest absolute Gasteiger partial charge is 0.251 e. The fourth-order valence-electron chi connectivity index (χ4n) is 2.98. The zero-order chi connectivity index (χ0) is 17.4. The molecule has 1 saturated heterocycles. The number of carbonyl (C=O) groups is 2. The van der Waals surface area contributed by atoms with Gasteiger partial charge in [0, 0.05) is 23.6 Å². The van der Waals surface area contributed by atoms with Gasteiger partial charge in [0.2, 0.25) is 5.91 Å². The largest absolute Gasteiger partial charge is 0.352 e. The van der Waals surface area contributed by atoms with Crippen LogP contribution in [0.1, 0.15) is 36.5 Å². The molecule has 0 aliphatic carbocycles. The summed E-state index contributed by atoms with van der Waals surface area (Å²) in [5, 5.41) is 3.45. The Hall–Kier alpha value is -1.59. The van der Waals surface area contributed by atoms with Crippen molar-refractivity contribution in [3.8, 4) is 0 Å². The van der Waals surface area contributed by atoms with Crippen LogP contribution in [0.5, 0.6) is 0 Å². The first-order valence-corrected chi connectivity index (χ1v) is 9.13. The second-order valence-corrected chi connectivity index (χ2v) is 6.68. The third kappa shape index (κ3) is 5.80. The monoisotopic (exact) mass is 352 g/mol. The summed E-state index contributed by atoms with van der Waals surface area (Å²) in [7, 11) is 0. The zero-order valence-corrected chi connectivity index (χ0v) is 15.1. The van der Waals surface area contributed by atoms with Crippen molar-refractivity contribution in [2.24, 2.45) is 0 Å². The van der Waals surface area contributed by atoms with E-state index in [2.05, 4.69) is 12.2 Å². The number of hydrogen-bond acceptors (Lipinski definition) is 2. The third-order valence-corrected chi connectivity index (χ3v) is 4.64. The normalized spacial score (nSPS) is 15.3. The van der Waals surface area contributed by atoms with Gasteiger partial charge < -0.3 is 15.1 Å². The third-order valence-electron chi connectivity index (χ3n) is 4.39. The minimum Gasteiger partial charge on any atom is -0.352 e. The molecule has 0 radical (unpaired) electrons. The highest BCUT2D eigenvalue weighted by molar-refractivity contribution is 6.30. The number of amides is 2. The molecule has 1 fully saturated rings. The minimum atomic E-state index is -0.129. The van der Waals surface area contributed by atoms with E-state index in [-0.39, 0.29) is 11.8 Å². The van der Waals surface area contributed by atoms with Crippen molar-refractivity contribution < 1.29 is 14.5 Å². The van der Waals surface area contributed by atoms with Gasteiger partial charge in [0.1, 0.15) is 0 Å². The van der Waals surface area contributed by atoms with Gasteiger partial charge in [-0.3, -0.25) is 9.59 Å². The Morgan fingerprint density at radius 2 is 1.88 bits per heavy atom. The van der Waals surface area contributed by atoms with Gasteiger partial charge in [0.25, 0.3) is 5.91 Å². The van der Waals surface area contributed by atoms with Crippen molar-refractivity contribution in [3.05, 3.63) is 34.9 Å². The summed E-state index contributed by atoms with van der Waals surface area (Å²) >= 11 is 5.80. The number of carbonyl (C=O) groups excluding carboxylic acids is 2. The lowest BCUT2D eigenvalue weighted by Crippen LogP contribution is -3.14. The fraction of sp³-hybridized carbons (Fsp3) is 0.556. The summed E-state index contributed by atoms with van der Waals surface area (Å²) in [5.74, 6) is 0.0715. The van der Waals surface area contributed by atoms with Crippen molar-refractivity contribution in [2.75, 3.05) is 39.3 Å². The molecule has 2 N–H and O–H groups in total. The SMILES string of the molecule is CCC[NH+]1CCN(C(=O)CCCNC(=O)c2ccc(Cl)cc2)CC1. The number of hydrogen-bond donors (Lipinski definition) is 2. The first-order chi connectivity index (χ1) is 11.6. The summed E-state index contributed by atoms with van der Waals surface area (Å²) in [4.78, 5) is 27.7. The van der Waals surface area contributed by atoms with Crippen LogP contribution in [0.4, 0.5) is 0 Å². The van der Waals surface area contributed by atoms with Gasteiger partial charge >= 0.3 is 0 Å². The number of nitrogens with one attached hydrogen (secondary N) is 2. The Labute approximate surface area is 149 Å². The van der Waals surface area contributed by atoms with Crippen molar-refractivity contribution >= 4 is 23.4 Å². The number of piperazine rings is 1. The van der Waals surface area contributed by atoms with Crippen LogP contribution in [-0.4, -0.2) is 56.0 Å². The Balaban J connectivity index is 1.62. The molecule has 24 heavy (non-hydrogen) atoms. The fourth-order valence-corrected chi connectivity index (χ4v) is 3.10. The lowest BCUT2D eigenvalue weighted by Gasteiger charge is -2.32. The van der Waals surface area contributed by atoms with Gasteiger partial charge in [-0.1, -0.05) is 18.5 Å². The predicted octanol–water partition coefficient (Wildman–Crippen LogP) is 0.987. The summed E-state index contributed by atoms with van der Waals surface area (Å²) in [6, 6.07) is 6.78. The molecule has 6 heteroatoms. The van der Waals surface area contributed by atoms with E-state index in [0.29, 0.717) is 30.0 Å². The first-order valence-electron chi connectivity index (χ1n) is 8.75. The highest BCUT2D eigenvalue weighted by Gasteiger charge is 2.22. The molecule has 0 spiro atoms. The molecule has 0 unspecified atom stereocenters. The van der Waals surface area contributed by atoms with Crippen LogP contribution in [0.2, 0.25) is 5.02 Å². The van der Waals surface area contributed by atoms with E-state index in [1.165, 1.54) is 13.0 Å². The number of benzene rings is 1. The standard InChI is InChI=1S/C18H26ClN3O2/c1-2-10-21-11-13-22(14-12-21)17(23)4-3-9-20-18(24)15-5-7-16(19)8-6-15/h5-8H,2-4,9-14H2,1H3,(H,20,24)/p+1. The number of quaternary nitrogens is 1. The molecular formula is C18H27ClN3O2+. The Kier molecular flexibility index (Phi) is 7.53. The average molecular weight is 353 g/mol. The van der Waals surface area contributed by atoms with Crippen LogP contribution < -0.4 is 10.2 Å². The molecule has 0 atom stereocenters. The molecule has 132 valence electrons. The predicted molar refractivity (Wildman–Crippen MR) is 95.5 cm³/mol. The summed E-state index contributed by atoms with van der Waals surface area (Å²) in [6.07, 6.45) is 2.35. The van der Waals surface area contributed by atoms with Gasteiger partial charge in [0.05, 0.1) is 32.7 Å². The van der Waals surface area contributed by atoms with Crippen molar-refractivity contribution in [2.45, 2.75) is 26.2 Å². The van der Waals surface area contributed by atoms with E-state index in [0.717, 1.165) is 26.2 Å². The van der Waals surface area contributed by atoms with Crippen LogP contribution in [-0.2, 0) is 4.79 Å². The molecule has 0 aromatic heterocycles. The van der Waals surface area contributed by atoms with Gasteiger partial charge in [0.15, 0.2) is 0 Å². The lowest BCUT2D eigenvalue weighted by atomic mass is 10.2. The summed E-state index contributed by atoms with van der Waals surface area (Å²) < 4.78 is 0. The number of rotatable bonds is 7. The number of halogens is 1. The van der Waals surface area contributed by atoms with Crippen molar-refractivity contribution in [1.29, 1.82) is 0 Å². The first kappa shape index (κ1) is 18.7. The molecule has 1 heterocycles. The molecule has 2 rings (SSSR count). The molecular weight excluding hydrogens is 326 g/mol. The topological polar surface area (TPSA) is 53.9 Å². The molecule has 0 saturated carbocycles. The summed E-state index contributed by atoms with van der Waals surface area (Å²) in [6.45, 7) is 7.70. The maximum atomic E-state index is 12.2. The molecule has 2 amide bonds. The molecule has 0 bridgehead atoms. The van der Waals surface area contributed by atoms with E-state index in [9.17, 15) is 9.59 Å².